The molecule has 0 radical (unpaired) electrons. The lowest BCUT2D eigenvalue weighted by molar-refractivity contribution is 0.577. The number of aryl methyl sites for hydroxylation is 1. The minimum Gasteiger partial charge on any atom is -0.305 e. The van der Waals surface area contributed by atoms with Gasteiger partial charge in [-0.05, 0) is 48.6 Å². The molecule has 0 amide bonds. The minimum absolute atomic E-state index is 0.185. The zero-order valence-corrected chi connectivity index (χ0v) is 13.5. The van der Waals surface area contributed by atoms with Gasteiger partial charge in [0.2, 0.25) is 0 Å². The SMILES string of the molecule is Cc1ccsc1CNC(C)c1ccc(S(C)(=O)=O)cc1. The maximum absolute atomic E-state index is 11.4. The van der Waals surface area contributed by atoms with Crippen LogP contribution >= 0.6 is 11.3 Å². The number of hydrogen-bond acceptors (Lipinski definition) is 4. The summed E-state index contributed by atoms with van der Waals surface area (Å²) >= 11 is 1.75. The second-order valence-corrected chi connectivity index (χ2v) is 7.99. The second-order valence-electron chi connectivity index (χ2n) is 4.97. The summed E-state index contributed by atoms with van der Waals surface area (Å²) in [6.07, 6.45) is 1.23. The summed E-state index contributed by atoms with van der Waals surface area (Å²) in [7, 11) is -3.12. The van der Waals surface area contributed by atoms with E-state index in [-0.39, 0.29) is 6.04 Å². The molecule has 0 fully saturated rings. The van der Waals surface area contributed by atoms with Crippen LogP contribution in [-0.4, -0.2) is 14.7 Å². The average molecular weight is 309 g/mol. The van der Waals surface area contributed by atoms with E-state index in [1.165, 1.54) is 16.7 Å². The van der Waals surface area contributed by atoms with Crippen molar-refractivity contribution in [3.8, 4) is 0 Å². The van der Waals surface area contributed by atoms with Crippen LogP contribution in [0.5, 0.6) is 0 Å². The fourth-order valence-corrected chi connectivity index (χ4v) is 3.44. The van der Waals surface area contributed by atoms with Crippen molar-refractivity contribution in [1.29, 1.82) is 0 Å². The monoisotopic (exact) mass is 309 g/mol. The topological polar surface area (TPSA) is 46.2 Å². The number of benzene rings is 1. The van der Waals surface area contributed by atoms with Crippen molar-refractivity contribution in [2.24, 2.45) is 0 Å². The first-order valence-corrected chi connectivity index (χ1v) is 9.21. The first-order valence-electron chi connectivity index (χ1n) is 6.44. The van der Waals surface area contributed by atoms with Crippen LogP contribution in [0.4, 0.5) is 0 Å². The standard InChI is InChI=1S/C15H19NO2S2/c1-11-8-9-19-15(11)10-16-12(2)13-4-6-14(7-5-13)20(3,17)18/h4-9,12,16H,10H2,1-3H3. The molecule has 1 N–H and O–H groups in total. The van der Waals surface area contributed by atoms with Crippen molar-refractivity contribution in [3.63, 3.8) is 0 Å². The minimum atomic E-state index is -3.12. The fraction of sp³-hybridized carbons (Fsp3) is 0.333. The maximum Gasteiger partial charge on any atom is 0.175 e. The highest BCUT2D eigenvalue weighted by Crippen LogP contribution is 2.19. The van der Waals surface area contributed by atoms with Crippen LogP contribution in [0.3, 0.4) is 0 Å². The molecule has 1 atom stereocenters. The van der Waals surface area contributed by atoms with Gasteiger partial charge in [-0.1, -0.05) is 12.1 Å². The molecule has 3 nitrogen and oxygen atoms in total. The predicted molar refractivity (Wildman–Crippen MR) is 83.9 cm³/mol. The third-order valence-electron chi connectivity index (χ3n) is 3.35. The molecule has 0 saturated carbocycles. The molecular weight excluding hydrogens is 290 g/mol. The summed E-state index contributed by atoms with van der Waals surface area (Å²) in [6.45, 7) is 5.02. The van der Waals surface area contributed by atoms with Crippen LogP contribution in [-0.2, 0) is 16.4 Å². The van der Waals surface area contributed by atoms with Crippen LogP contribution < -0.4 is 5.32 Å². The van der Waals surface area contributed by atoms with E-state index in [9.17, 15) is 8.42 Å². The first kappa shape index (κ1) is 15.2. The van der Waals surface area contributed by atoms with Gasteiger partial charge in [0, 0.05) is 23.7 Å². The molecule has 0 aliphatic carbocycles. The number of hydrogen-bond donors (Lipinski definition) is 1. The lowest BCUT2D eigenvalue weighted by atomic mass is 10.1. The van der Waals surface area contributed by atoms with E-state index in [0.29, 0.717) is 4.90 Å². The Morgan fingerprint density at radius 2 is 1.85 bits per heavy atom. The van der Waals surface area contributed by atoms with Crippen LogP contribution in [0.2, 0.25) is 0 Å². The van der Waals surface area contributed by atoms with Crippen LogP contribution in [0.15, 0.2) is 40.6 Å². The smallest absolute Gasteiger partial charge is 0.175 e. The molecule has 1 aromatic heterocycles. The van der Waals surface area contributed by atoms with Gasteiger partial charge in [0.1, 0.15) is 0 Å². The quantitative estimate of drug-likeness (QED) is 0.921. The van der Waals surface area contributed by atoms with Crippen LogP contribution in [0.1, 0.15) is 29.0 Å². The molecule has 1 unspecified atom stereocenters. The predicted octanol–water partition coefficient (Wildman–Crippen LogP) is 3.31. The van der Waals surface area contributed by atoms with E-state index >= 15 is 0 Å². The van der Waals surface area contributed by atoms with Gasteiger partial charge in [0.15, 0.2) is 9.84 Å². The van der Waals surface area contributed by atoms with Gasteiger partial charge in [-0.2, -0.15) is 0 Å². The third kappa shape index (κ3) is 3.69. The summed E-state index contributed by atoms with van der Waals surface area (Å²) in [4.78, 5) is 1.70. The lowest BCUT2D eigenvalue weighted by Crippen LogP contribution is -2.17. The summed E-state index contributed by atoms with van der Waals surface area (Å²) < 4.78 is 22.8. The number of sulfone groups is 1. The second kappa shape index (κ2) is 6.08. The van der Waals surface area contributed by atoms with Crippen molar-refractivity contribution in [1.82, 2.24) is 5.32 Å². The van der Waals surface area contributed by atoms with Crippen LogP contribution in [0.25, 0.3) is 0 Å². The normalized spacial score (nSPS) is 13.3. The van der Waals surface area contributed by atoms with Gasteiger partial charge >= 0.3 is 0 Å². The zero-order valence-electron chi connectivity index (χ0n) is 11.9. The first-order chi connectivity index (χ1) is 9.38. The molecule has 0 spiro atoms. The van der Waals surface area contributed by atoms with Gasteiger partial charge in [0.05, 0.1) is 4.90 Å². The Kier molecular flexibility index (Phi) is 4.62. The Bertz CT molecular complexity index is 672. The molecule has 5 heteroatoms. The van der Waals surface area contributed by atoms with E-state index in [4.69, 9.17) is 0 Å². The molecule has 0 bridgehead atoms. The molecular formula is C15H19NO2S2. The molecule has 0 aliphatic rings. The molecule has 0 saturated heterocycles. The van der Waals surface area contributed by atoms with E-state index in [1.54, 1.807) is 23.5 Å². The average Bonchev–Trinajstić information content (AvgIpc) is 2.81. The van der Waals surface area contributed by atoms with E-state index in [2.05, 4.69) is 30.6 Å². The summed E-state index contributed by atoms with van der Waals surface area (Å²) in [5, 5.41) is 5.56. The van der Waals surface area contributed by atoms with Crippen LogP contribution in [0, 0.1) is 6.92 Å². The lowest BCUT2D eigenvalue weighted by Gasteiger charge is -2.14. The highest BCUT2D eigenvalue weighted by atomic mass is 32.2. The Labute approximate surface area is 124 Å². The molecule has 20 heavy (non-hydrogen) atoms. The van der Waals surface area contributed by atoms with Gasteiger partial charge in [0.25, 0.3) is 0 Å². The highest BCUT2D eigenvalue weighted by molar-refractivity contribution is 7.90. The van der Waals surface area contributed by atoms with Crippen molar-refractivity contribution >= 4 is 21.2 Å². The van der Waals surface area contributed by atoms with Crippen molar-refractivity contribution in [2.75, 3.05) is 6.26 Å². The molecule has 108 valence electrons. The Balaban J connectivity index is 2.03. The molecule has 2 rings (SSSR count). The van der Waals surface area contributed by atoms with Crippen molar-refractivity contribution in [3.05, 3.63) is 51.7 Å². The van der Waals surface area contributed by atoms with Gasteiger partial charge in [-0.15, -0.1) is 11.3 Å². The maximum atomic E-state index is 11.4. The van der Waals surface area contributed by atoms with E-state index in [1.807, 2.05) is 12.1 Å². The molecule has 0 aliphatic heterocycles. The zero-order chi connectivity index (χ0) is 14.8. The van der Waals surface area contributed by atoms with Gasteiger partial charge in [-0.3, -0.25) is 0 Å². The molecule has 1 heterocycles. The van der Waals surface area contributed by atoms with Crippen molar-refractivity contribution < 1.29 is 8.42 Å². The fourth-order valence-electron chi connectivity index (χ4n) is 1.95. The summed E-state index contributed by atoms with van der Waals surface area (Å²) in [6, 6.07) is 9.38. The molecule has 2 aromatic rings. The largest absolute Gasteiger partial charge is 0.305 e. The third-order valence-corrected chi connectivity index (χ3v) is 5.50. The van der Waals surface area contributed by atoms with E-state index in [0.717, 1.165) is 12.1 Å². The Morgan fingerprint density at radius 3 is 2.35 bits per heavy atom. The van der Waals surface area contributed by atoms with Gasteiger partial charge in [-0.25, -0.2) is 8.42 Å². The highest BCUT2D eigenvalue weighted by Gasteiger charge is 2.10. The Hall–Kier alpha value is -1.17. The number of rotatable bonds is 5. The number of nitrogens with one attached hydrogen (secondary N) is 1. The summed E-state index contributed by atoms with van der Waals surface area (Å²) in [5.41, 5.74) is 2.40. The molecule has 1 aromatic carbocycles. The van der Waals surface area contributed by atoms with Crippen molar-refractivity contribution in [2.45, 2.75) is 31.3 Å². The van der Waals surface area contributed by atoms with E-state index < -0.39 is 9.84 Å². The van der Waals surface area contributed by atoms with Gasteiger partial charge < -0.3 is 5.32 Å². The number of thiophene rings is 1. The Morgan fingerprint density at radius 1 is 1.20 bits per heavy atom. The summed E-state index contributed by atoms with van der Waals surface area (Å²) in [5.74, 6) is 0.